The van der Waals surface area contributed by atoms with Gasteiger partial charge in [0.15, 0.2) is 0 Å². The standard InChI is InChI=1S/C10H16/c1-2-4-8-6-10(8)7-9(10)5-3-1/h8-9H,1-7H2/t8-,9-,10?/m1/s1. The van der Waals surface area contributed by atoms with Crippen LogP contribution < -0.4 is 0 Å². The van der Waals surface area contributed by atoms with Crippen molar-refractivity contribution >= 4 is 0 Å². The molecule has 2 atom stereocenters. The Morgan fingerprint density at radius 3 is 2.00 bits per heavy atom. The van der Waals surface area contributed by atoms with Gasteiger partial charge in [-0.15, -0.1) is 0 Å². The second-order valence-corrected chi connectivity index (χ2v) is 4.67. The highest BCUT2D eigenvalue weighted by Crippen LogP contribution is 2.77. The number of rotatable bonds is 0. The fourth-order valence-corrected chi connectivity index (χ4v) is 3.29. The molecule has 10 heavy (non-hydrogen) atoms. The van der Waals surface area contributed by atoms with Gasteiger partial charge in [-0.25, -0.2) is 0 Å². The van der Waals surface area contributed by atoms with Gasteiger partial charge in [-0.05, 0) is 42.9 Å². The molecule has 0 aromatic rings. The van der Waals surface area contributed by atoms with Gasteiger partial charge >= 0.3 is 0 Å². The Morgan fingerprint density at radius 2 is 1.40 bits per heavy atom. The topological polar surface area (TPSA) is 0 Å². The fourth-order valence-electron chi connectivity index (χ4n) is 3.29. The Morgan fingerprint density at radius 1 is 0.800 bits per heavy atom. The fraction of sp³-hybridized carbons (Fsp3) is 1.00. The third-order valence-electron chi connectivity index (χ3n) is 4.16. The van der Waals surface area contributed by atoms with Crippen molar-refractivity contribution in [2.75, 3.05) is 0 Å². The average molecular weight is 136 g/mol. The Labute approximate surface area is 63.0 Å². The van der Waals surface area contributed by atoms with E-state index in [0.29, 0.717) is 0 Å². The van der Waals surface area contributed by atoms with Crippen molar-refractivity contribution in [2.45, 2.75) is 44.9 Å². The van der Waals surface area contributed by atoms with Crippen LogP contribution in [0.3, 0.4) is 0 Å². The first-order valence-corrected chi connectivity index (χ1v) is 4.92. The van der Waals surface area contributed by atoms with Crippen LogP contribution in [0, 0.1) is 17.3 Å². The van der Waals surface area contributed by atoms with E-state index in [2.05, 4.69) is 0 Å². The van der Waals surface area contributed by atoms with Gasteiger partial charge in [0.25, 0.3) is 0 Å². The zero-order valence-corrected chi connectivity index (χ0v) is 6.60. The van der Waals surface area contributed by atoms with Crippen LogP contribution in [0.2, 0.25) is 0 Å². The highest BCUT2D eigenvalue weighted by Gasteiger charge is 2.68. The van der Waals surface area contributed by atoms with Crippen molar-refractivity contribution < 1.29 is 0 Å². The van der Waals surface area contributed by atoms with Crippen LogP contribution in [-0.4, -0.2) is 0 Å². The monoisotopic (exact) mass is 136 g/mol. The summed E-state index contributed by atoms with van der Waals surface area (Å²) in [6.07, 6.45) is 11.0. The van der Waals surface area contributed by atoms with Crippen molar-refractivity contribution in [3.63, 3.8) is 0 Å². The largest absolute Gasteiger partial charge is 0.0533 e. The molecule has 3 aliphatic rings. The van der Waals surface area contributed by atoms with E-state index in [0.717, 1.165) is 5.41 Å². The van der Waals surface area contributed by atoms with Gasteiger partial charge in [0.05, 0.1) is 0 Å². The van der Waals surface area contributed by atoms with Crippen molar-refractivity contribution in [3.05, 3.63) is 0 Å². The SMILES string of the molecule is C1CC[C@@H]2CC23C[C@H]3CC1. The highest BCUT2D eigenvalue weighted by atomic mass is 14.7. The maximum Gasteiger partial charge on any atom is -0.0235 e. The maximum atomic E-state index is 1.62. The molecular formula is C10H16. The molecule has 3 fully saturated rings. The summed E-state index contributed by atoms with van der Waals surface area (Å²) in [5, 5.41) is 0. The molecule has 0 heteroatoms. The molecule has 3 saturated carbocycles. The lowest BCUT2D eigenvalue weighted by Crippen LogP contribution is -1.92. The van der Waals surface area contributed by atoms with Crippen molar-refractivity contribution in [2.24, 2.45) is 17.3 Å². The minimum Gasteiger partial charge on any atom is -0.0533 e. The lowest BCUT2D eigenvalue weighted by atomic mass is 10.0. The minimum absolute atomic E-state index is 0.987. The van der Waals surface area contributed by atoms with Crippen LogP contribution in [0.1, 0.15) is 44.9 Å². The van der Waals surface area contributed by atoms with Crippen LogP contribution in [0.4, 0.5) is 0 Å². The zero-order valence-electron chi connectivity index (χ0n) is 6.60. The average Bonchev–Trinajstić information content (AvgIpc) is 2.76. The van der Waals surface area contributed by atoms with Crippen LogP contribution >= 0.6 is 0 Å². The number of hydrogen-bond acceptors (Lipinski definition) is 0. The molecular weight excluding hydrogens is 120 g/mol. The van der Waals surface area contributed by atoms with E-state index >= 15 is 0 Å². The predicted octanol–water partition coefficient (Wildman–Crippen LogP) is 2.98. The molecule has 0 N–H and O–H groups in total. The molecule has 1 spiro atoms. The molecule has 0 aromatic heterocycles. The van der Waals surface area contributed by atoms with Crippen LogP contribution in [0.5, 0.6) is 0 Å². The summed E-state index contributed by atoms with van der Waals surface area (Å²) in [5.74, 6) is 2.41. The number of hydrogen-bond donors (Lipinski definition) is 0. The predicted molar refractivity (Wildman–Crippen MR) is 41.7 cm³/mol. The Kier molecular flexibility index (Phi) is 0.898. The molecule has 0 saturated heterocycles. The van der Waals surface area contributed by atoms with Gasteiger partial charge in [0.2, 0.25) is 0 Å². The second-order valence-electron chi connectivity index (χ2n) is 4.67. The van der Waals surface area contributed by atoms with Gasteiger partial charge in [-0.1, -0.05) is 19.3 Å². The summed E-state index contributed by atoms with van der Waals surface area (Å²) >= 11 is 0. The van der Waals surface area contributed by atoms with Crippen LogP contribution in [0.15, 0.2) is 0 Å². The van der Waals surface area contributed by atoms with E-state index in [9.17, 15) is 0 Å². The molecule has 3 aliphatic carbocycles. The smallest absolute Gasteiger partial charge is 0.0235 e. The van der Waals surface area contributed by atoms with Crippen molar-refractivity contribution in [1.29, 1.82) is 0 Å². The minimum atomic E-state index is 0.987. The molecule has 0 unspecified atom stereocenters. The van der Waals surface area contributed by atoms with E-state index < -0.39 is 0 Å². The van der Waals surface area contributed by atoms with Crippen molar-refractivity contribution in [1.82, 2.24) is 0 Å². The van der Waals surface area contributed by atoms with Gasteiger partial charge in [0.1, 0.15) is 0 Å². The summed E-state index contributed by atoms with van der Waals surface area (Å²) in [4.78, 5) is 0. The Balaban J connectivity index is 1.75. The molecule has 0 amide bonds. The summed E-state index contributed by atoms with van der Waals surface area (Å²) in [5.41, 5.74) is 0.987. The Hall–Kier alpha value is 0. The molecule has 0 nitrogen and oxygen atoms in total. The summed E-state index contributed by atoms with van der Waals surface area (Å²) in [7, 11) is 0. The van der Waals surface area contributed by atoms with E-state index in [1.165, 1.54) is 18.3 Å². The normalized spacial score (nSPS) is 57.6. The summed E-state index contributed by atoms with van der Waals surface area (Å²) in [6, 6.07) is 0. The molecule has 0 radical (unpaired) electrons. The van der Waals surface area contributed by atoms with Gasteiger partial charge in [-0.3, -0.25) is 0 Å². The van der Waals surface area contributed by atoms with Crippen molar-refractivity contribution in [3.8, 4) is 0 Å². The third kappa shape index (κ3) is 0.580. The van der Waals surface area contributed by atoms with Gasteiger partial charge in [-0.2, -0.15) is 0 Å². The first kappa shape index (κ1) is 5.62. The summed E-state index contributed by atoms with van der Waals surface area (Å²) in [6.45, 7) is 0. The lowest BCUT2D eigenvalue weighted by molar-refractivity contribution is 0.476. The second kappa shape index (κ2) is 1.60. The lowest BCUT2D eigenvalue weighted by Gasteiger charge is -2.04. The summed E-state index contributed by atoms with van der Waals surface area (Å²) < 4.78 is 0. The highest BCUT2D eigenvalue weighted by molar-refractivity contribution is 5.18. The molecule has 56 valence electrons. The van der Waals surface area contributed by atoms with E-state index in [4.69, 9.17) is 0 Å². The van der Waals surface area contributed by atoms with Gasteiger partial charge in [0, 0.05) is 0 Å². The first-order valence-electron chi connectivity index (χ1n) is 4.92. The quantitative estimate of drug-likeness (QED) is 0.480. The first-order chi connectivity index (χ1) is 4.92. The maximum absolute atomic E-state index is 1.62. The van der Waals surface area contributed by atoms with Crippen LogP contribution in [0.25, 0.3) is 0 Å². The Bertz CT molecular complexity index is 141. The molecule has 3 rings (SSSR count). The molecule has 0 aliphatic heterocycles. The van der Waals surface area contributed by atoms with Gasteiger partial charge < -0.3 is 0 Å². The molecule has 0 bridgehead atoms. The van der Waals surface area contributed by atoms with E-state index in [1.807, 2.05) is 0 Å². The molecule has 0 heterocycles. The third-order valence-corrected chi connectivity index (χ3v) is 4.16. The molecule has 0 aromatic carbocycles. The zero-order chi connectivity index (χ0) is 6.60. The van der Waals surface area contributed by atoms with E-state index in [1.54, 1.807) is 38.5 Å². The van der Waals surface area contributed by atoms with Crippen LogP contribution in [-0.2, 0) is 0 Å². The van der Waals surface area contributed by atoms with E-state index in [-0.39, 0.29) is 0 Å².